The van der Waals surface area contributed by atoms with Crippen molar-refractivity contribution in [1.82, 2.24) is 0 Å². The molecule has 12 nitrogen and oxygen atoms in total. The van der Waals surface area contributed by atoms with Crippen LogP contribution in [0, 0.1) is 0 Å². The molecule has 1 rings (SSSR count). The molecule has 1 heterocycles. The number of hydrogen-bond donors (Lipinski definition) is 3. The molecule has 12 heteroatoms. The average Bonchev–Trinajstić information content (AvgIpc) is 3.37. The summed E-state index contributed by atoms with van der Waals surface area (Å²) in [7, 11) is 0. The minimum absolute atomic E-state index is 0.0432. The number of carboxylic acid groups (broad SMARTS) is 1. The topological polar surface area (TPSA) is 175 Å². The summed E-state index contributed by atoms with van der Waals surface area (Å²) in [6, 6.07) is 0. The van der Waals surface area contributed by atoms with Gasteiger partial charge in [0, 0.05) is 19.3 Å². The van der Waals surface area contributed by atoms with Crippen molar-refractivity contribution in [2.24, 2.45) is 0 Å². The van der Waals surface area contributed by atoms with Crippen LogP contribution in [0.1, 0.15) is 226 Å². The number of carbonyl (C=O) groups excluding carboxylic acids is 3. The molecule has 0 amide bonds. The number of unbranched alkanes of at least 4 members (excludes halogenated alkanes) is 19. The van der Waals surface area contributed by atoms with E-state index in [0.717, 1.165) is 141 Å². The number of ether oxygens (including phenoxy) is 5. The number of esters is 3. The number of hydrogen-bond acceptors (Lipinski definition) is 11. The smallest absolute Gasteiger partial charge is 0.335 e. The Bertz CT molecular complexity index is 1590. The standard InChI is InChI=1S/C61H100O12/c1-4-7-10-13-16-19-22-25-26-27-28-31-32-35-38-41-44-47-53(62)69-50-52(71-54(63)48-45-42-39-36-33-29-23-20-17-14-11-8-5-2)51-70-61-59(57(66)56(65)58(73-61)60(67)68)72-55(64)49-46-43-40-37-34-30-24-21-18-15-12-9-6-3/h7,10-11,14,16,19-21,23-26,28,31,52,56-59,61,65-66H,4-6,8-9,12-13,15,17-18,22,27,29-30,32-51H2,1-3H3,(H,67,68)/b10-7-,14-11-,19-16-,23-20-,24-21-,26-25-,31-28-. The van der Waals surface area contributed by atoms with E-state index in [4.69, 9.17) is 23.7 Å². The van der Waals surface area contributed by atoms with Gasteiger partial charge in [0.25, 0.3) is 0 Å². The second-order valence-corrected chi connectivity index (χ2v) is 19.2. The van der Waals surface area contributed by atoms with Gasteiger partial charge in [0.1, 0.15) is 18.8 Å². The molecule has 0 aliphatic carbocycles. The van der Waals surface area contributed by atoms with Crippen LogP contribution in [0.4, 0.5) is 0 Å². The number of carboxylic acids is 1. The quantitative estimate of drug-likeness (QED) is 0.0228. The highest BCUT2D eigenvalue weighted by molar-refractivity contribution is 5.74. The zero-order chi connectivity index (χ0) is 53.3. The van der Waals surface area contributed by atoms with Crippen LogP contribution >= 0.6 is 0 Å². The Morgan fingerprint density at radius 1 is 0.466 bits per heavy atom. The molecule has 73 heavy (non-hydrogen) atoms. The number of allylic oxidation sites excluding steroid dienone is 14. The van der Waals surface area contributed by atoms with Crippen LogP contribution in [-0.2, 0) is 42.9 Å². The normalized spacial score (nSPS) is 18.9. The number of aliphatic hydroxyl groups is 2. The summed E-state index contributed by atoms with van der Waals surface area (Å²) in [5.41, 5.74) is 0. The summed E-state index contributed by atoms with van der Waals surface area (Å²) in [4.78, 5) is 51.0. The third-order valence-corrected chi connectivity index (χ3v) is 12.4. The van der Waals surface area contributed by atoms with Crippen LogP contribution in [0.25, 0.3) is 0 Å². The molecule has 0 bridgehead atoms. The first-order chi connectivity index (χ1) is 35.6. The molecule has 0 spiro atoms. The maximum absolute atomic E-state index is 13.1. The molecule has 3 N–H and O–H groups in total. The lowest BCUT2D eigenvalue weighted by Crippen LogP contribution is -2.61. The summed E-state index contributed by atoms with van der Waals surface area (Å²) >= 11 is 0. The number of rotatable bonds is 47. The fourth-order valence-electron chi connectivity index (χ4n) is 8.04. The van der Waals surface area contributed by atoms with Gasteiger partial charge in [-0.1, -0.05) is 183 Å². The van der Waals surface area contributed by atoms with Crippen LogP contribution in [0.3, 0.4) is 0 Å². The SMILES string of the molecule is CC/C=C\C/C=C\C/C=C\C/C=C\CCCCCCC(=O)OCC(COC1OC(C(=O)O)C(O)C(O)C1OC(=O)CCCCCCC/C=C\CCCCCC)OC(=O)CCCCCCC/C=C\C/C=C\CCC. The maximum Gasteiger partial charge on any atom is 0.335 e. The second-order valence-electron chi connectivity index (χ2n) is 19.2. The van der Waals surface area contributed by atoms with E-state index in [0.29, 0.717) is 19.3 Å². The van der Waals surface area contributed by atoms with Gasteiger partial charge in [-0.3, -0.25) is 14.4 Å². The predicted octanol–water partition coefficient (Wildman–Crippen LogP) is 14.3. The first kappa shape index (κ1) is 66.9. The van der Waals surface area contributed by atoms with Gasteiger partial charge in [0.15, 0.2) is 24.6 Å². The van der Waals surface area contributed by atoms with Gasteiger partial charge in [-0.05, 0) is 109 Å². The second kappa shape index (κ2) is 48.8. The highest BCUT2D eigenvalue weighted by Crippen LogP contribution is 2.26. The Labute approximate surface area is 441 Å². The fourth-order valence-corrected chi connectivity index (χ4v) is 8.04. The van der Waals surface area contributed by atoms with E-state index in [-0.39, 0.29) is 25.9 Å². The van der Waals surface area contributed by atoms with Crippen molar-refractivity contribution in [3.05, 3.63) is 85.1 Å². The molecule has 0 aromatic heterocycles. The molecule has 1 fully saturated rings. The van der Waals surface area contributed by atoms with Gasteiger partial charge in [0.05, 0.1) is 6.61 Å². The molecule has 1 aliphatic heterocycles. The Kier molecular flexibility index (Phi) is 44.7. The molecule has 0 radical (unpaired) electrons. The summed E-state index contributed by atoms with van der Waals surface area (Å²) in [5, 5.41) is 31.4. The summed E-state index contributed by atoms with van der Waals surface area (Å²) in [5.74, 6) is -3.19. The molecule has 0 aromatic rings. The van der Waals surface area contributed by atoms with E-state index in [1.165, 1.54) is 25.7 Å². The van der Waals surface area contributed by atoms with Gasteiger partial charge in [-0.15, -0.1) is 0 Å². The highest BCUT2D eigenvalue weighted by Gasteiger charge is 2.50. The van der Waals surface area contributed by atoms with Crippen molar-refractivity contribution in [3.63, 3.8) is 0 Å². The zero-order valence-corrected chi connectivity index (χ0v) is 45.6. The van der Waals surface area contributed by atoms with Gasteiger partial charge in [-0.2, -0.15) is 0 Å². The third kappa shape index (κ3) is 39.0. The maximum atomic E-state index is 13.1. The van der Waals surface area contributed by atoms with Gasteiger partial charge >= 0.3 is 23.9 Å². The first-order valence-electron chi connectivity index (χ1n) is 28.6. The van der Waals surface area contributed by atoms with Crippen LogP contribution < -0.4 is 0 Å². The fraction of sp³-hybridized carbons (Fsp3) is 0.705. The Morgan fingerprint density at radius 3 is 1.38 bits per heavy atom. The lowest BCUT2D eigenvalue weighted by molar-refractivity contribution is -0.301. The number of aliphatic carboxylic acids is 1. The highest BCUT2D eigenvalue weighted by atomic mass is 16.7. The molecular weight excluding hydrogens is 925 g/mol. The molecule has 1 aliphatic rings. The van der Waals surface area contributed by atoms with Crippen molar-refractivity contribution in [2.75, 3.05) is 13.2 Å². The largest absolute Gasteiger partial charge is 0.479 e. The molecule has 6 atom stereocenters. The summed E-state index contributed by atoms with van der Waals surface area (Å²) in [6.45, 7) is 5.75. The Hall–Kier alpha value is -4.10. The van der Waals surface area contributed by atoms with E-state index in [9.17, 15) is 34.5 Å². The van der Waals surface area contributed by atoms with Crippen LogP contribution in [-0.4, -0.2) is 89.2 Å². The van der Waals surface area contributed by atoms with Gasteiger partial charge in [0.2, 0.25) is 0 Å². The minimum Gasteiger partial charge on any atom is -0.479 e. The molecule has 0 aromatic carbocycles. The van der Waals surface area contributed by atoms with Crippen LogP contribution in [0.5, 0.6) is 0 Å². The lowest BCUT2D eigenvalue weighted by Gasteiger charge is -2.40. The summed E-state index contributed by atoms with van der Waals surface area (Å²) < 4.78 is 28.3. The average molecular weight is 1030 g/mol. The first-order valence-corrected chi connectivity index (χ1v) is 28.6. The molecule has 6 unspecified atom stereocenters. The van der Waals surface area contributed by atoms with Gasteiger partial charge < -0.3 is 39.0 Å². The van der Waals surface area contributed by atoms with Crippen molar-refractivity contribution in [2.45, 2.75) is 263 Å². The molecule has 1 saturated heterocycles. The van der Waals surface area contributed by atoms with Crippen molar-refractivity contribution in [3.8, 4) is 0 Å². The zero-order valence-electron chi connectivity index (χ0n) is 45.6. The Morgan fingerprint density at radius 2 is 0.890 bits per heavy atom. The van der Waals surface area contributed by atoms with E-state index < -0.39 is 67.3 Å². The van der Waals surface area contributed by atoms with Crippen molar-refractivity contribution >= 4 is 23.9 Å². The van der Waals surface area contributed by atoms with Crippen molar-refractivity contribution < 1.29 is 58.2 Å². The van der Waals surface area contributed by atoms with E-state index in [1.807, 2.05) is 0 Å². The Balaban J connectivity index is 2.73. The van der Waals surface area contributed by atoms with Crippen molar-refractivity contribution in [1.29, 1.82) is 0 Å². The summed E-state index contributed by atoms with van der Waals surface area (Å²) in [6.07, 6.45) is 49.8. The molecular formula is C61H100O12. The van der Waals surface area contributed by atoms with E-state index >= 15 is 0 Å². The van der Waals surface area contributed by atoms with E-state index in [1.54, 1.807) is 0 Å². The predicted molar refractivity (Wildman–Crippen MR) is 294 cm³/mol. The number of carbonyl (C=O) groups is 4. The van der Waals surface area contributed by atoms with Crippen LogP contribution in [0.15, 0.2) is 85.1 Å². The van der Waals surface area contributed by atoms with E-state index in [2.05, 4.69) is 106 Å². The lowest BCUT2D eigenvalue weighted by atomic mass is 9.98. The monoisotopic (exact) mass is 1020 g/mol. The molecule has 0 saturated carbocycles. The minimum atomic E-state index is -1.91. The number of aliphatic hydroxyl groups excluding tert-OH is 2. The third-order valence-electron chi connectivity index (χ3n) is 12.4. The molecule has 416 valence electrons. The van der Waals surface area contributed by atoms with Crippen LogP contribution in [0.2, 0.25) is 0 Å². The van der Waals surface area contributed by atoms with Gasteiger partial charge in [-0.25, -0.2) is 4.79 Å².